The molecule has 1 atom stereocenters. The fourth-order valence-electron chi connectivity index (χ4n) is 6.83. The number of hydrogen-bond acceptors (Lipinski definition) is 0. The van der Waals surface area contributed by atoms with Gasteiger partial charge in [0.2, 0.25) is 0 Å². The van der Waals surface area contributed by atoms with Crippen molar-refractivity contribution >= 4 is 24.7 Å². The Morgan fingerprint density at radius 1 is 0.425 bits per heavy atom. The Labute approximate surface area is 241 Å². The zero-order valence-corrected chi connectivity index (χ0v) is 25.0. The third-order valence-corrected chi connectivity index (χ3v) is 13.1. The Balaban J connectivity index is 1.63. The summed E-state index contributed by atoms with van der Waals surface area (Å²) in [6.07, 6.45) is 0. The van der Waals surface area contributed by atoms with Crippen molar-refractivity contribution < 1.29 is 0 Å². The summed E-state index contributed by atoms with van der Waals surface area (Å²) in [5.74, 6) is 0. The van der Waals surface area contributed by atoms with Gasteiger partial charge < -0.3 is 0 Å². The molecular formula is C39H36Si. The molecule has 1 aliphatic carbocycles. The molecule has 0 heterocycles. The van der Waals surface area contributed by atoms with Gasteiger partial charge in [0, 0.05) is 5.04 Å². The summed E-state index contributed by atoms with van der Waals surface area (Å²) >= 11 is 0. The molecule has 1 unspecified atom stereocenters. The van der Waals surface area contributed by atoms with Crippen LogP contribution in [-0.4, -0.2) is 8.80 Å². The lowest BCUT2D eigenvalue weighted by Gasteiger charge is -2.39. The summed E-state index contributed by atoms with van der Waals surface area (Å²) in [5, 5.41) is 2.89. The molecule has 40 heavy (non-hydrogen) atoms. The fraction of sp³-hybridized carbons (Fsp3) is 0.128. The van der Waals surface area contributed by atoms with Gasteiger partial charge in [-0.1, -0.05) is 144 Å². The maximum atomic E-state index is 2.53. The Hall–Kier alpha value is -4.20. The highest BCUT2D eigenvalue weighted by Crippen LogP contribution is 2.58. The first-order valence-corrected chi connectivity index (χ1v) is 16.0. The average molecular weight is 533 g/mol. The van der Waals surface area contributed by atoms with Gasteiger partial charge in [-0.15, -0.1) is 0 Å². The molecule has 0 bridgehead atoms. The van der Waals surface area contributed by atoms with E-state index < -0.39 is 8.80 Å². The van der Waals surface area contributed by atoms with Crippen LogP contribution in [0.3, 0.4) is 0 Å². The van der Waals surface area contributed by atoms with Gasteiger partial charge in [0.15, 0.2) is 0 Å². The van der Waals surface area contributed by atoms with Crippen LogP contribution in [0.1, 0.15) is 33.3 Å². The van der Waals surface area contributed by atoms with Crippen molar-refractivity contribution in [3.05, 3.63) is 162 Å². The molecule has 0 nitrogen and oxygen atoms in total. The third-order valence-electron chi connectivity index (χ3n) is 9.08. The lowest BCUT2D eigenvalue weighted by molar-refractivity contribution is 0.902. The molecule has 0 spiro atoms. The van der Waals surface area contributed by atoms with Gasteiger partial charge >= 0.3 is 0 Å². The SMILES string of the molecule is CC1=C(C)C(C)([SiH](c2ccccc2)c2ccccc2)C(c2cc(-c3ccccc3)cc(-c3ccccc3)c2)=C1C. The average Bonchev–Trinajstić information content (AvgIpc) is 3.18. The summed E-state index contributed by atoms with van der Waals surface area (Å²) < 4.78 is 0. The Bertz CT molecular complexity index is 1600. The molecule has 0 saturated carbocycles. The maximum Gasteiger partial charge on any atom is 0.117 e. The van der Waals surface area contributed by atoms with Crippen molar-refractivity contribution in [2.24, 2.45) is 0 Å². The van der Waals surface area contributed by atoms with E-state index in [4.69, 9.17) is 0 Å². The molecule has 196 valence electrons. The van der Waals surface area contributed by atoms with Crippen LogP contribution in [0.15, 0.2) is 156 Å². The topological polar surface area (TPSA) is 0 Å². The predicted octanol–water partition coefficient (Wildman–Crippen LogP) is 8.95. The van der Waals surface area contributed by atoms with Crippen molar-refractivity contribution in [2.75, 3.05) is 0 Å². The van der Waals surface area contributed by atoms with Crippen LogP contribution in [0.2, 0.25) is 5.04 Å². The number of hydrogen-bond donors (Lipinski definition) is 0. The van der Waals surface area contributed by atoms with Gasteiger partial charge in [0.25, 0.3) is 0 Å². The predicted molar refractivity (Wildman–Crippen MR) is 176 cm³/mol. The van der Waals surface area contributed by atoms with Crippen molar-refractivity contribution in [3.8, 4) is 22.3 Å². The van der Waals surface area contributed by atoms with Crippen LogP contribution in [-0.2, 0) is 0 Å². The van der Waals surface area contributed by atoms with Crippen LogP contribution in [0.25, 0.3) is 27.8 Å². The molecule has 1 aliphatic rings. The standard InChI is InChI=1S/C39H36Si/c1-28-29(2)38(39(4,30(28)3)40(36-21-13-7-14-22-36)37-23-15-8-16-24-37)35-26-33(31-17-9-5-10-18-31)25-34(27-35)32-19-11-6-12-20-32/h5-27,40H,1-4H3. The molecule has 0 aromatic heterocycles. The molecule has 0 amide bonds. The fourth-order valence-corrected chi connectivity index (χ4v) is 11.1. The smallest absolute Gasteiger partial charge is 0.0629 e. The van der Waals surface area contributed by atoms with Gasteiger partial charge in [-0.05, 0) is 83.5 Å². The van der Waals surface area contributed by atoms with Crippen LogP contribution in [0.4, 0.5) is 0 Å². The maximum absolute atomic E-state index is 2.53. The lowest BCUT2D eigenvalue weighted by Crippen LogP contribution is -2.51. The lowest BCUT2D eigenvalue weighted by atomic mass is 9.86. The third kappa shape index (κ3) is 4.51. The van der Waals surface area contributed by atoms with E-state index in [1.54, 1.807) is 0 Å². The van der Waals surface area contributed by atoms with E-state index in [1.807, 2.05) is 0 Å². The van der Waals surface area contributed by atoms with Gasteiger partial charge in [-0.3, -0.25) is 0 Å². The minimum Gasteiger partial charge on any atom is -0.0629 e. The highest BCUT2D eigenvalue weighted by atomic mass is 28.3. The Morgan fingerprint density at radius 3 is 1.23 bits per heavy atom. The first-order chi connectivity index (χ1) is 19.5. The van der Waals surface area contributed by atoms with Crippen molar-refractivity contribution in [1.29, 1.82) is 0 Å². The first kappa shape index (κ1) is 26.0. The van der Waals surface area contributed by atoms with Crippen LogP contribution >= 0.6 is 0 Å². The Kier molecular flexibility index (Phi) is 7.00. The zero-order chi connectivity index (χ0) is 27.7. The van der Waals surface area contributed by atoms with Crippen LogP contribution in [0.5, 0.6) is 0 Å². The molecule has 5 aromatic carbocycles. The van der Waals surface area contributed by atoms with E-state index >= 15 is 0 Å². The van der Waals surface area contributed by atoms with E-state index in [0.29, 0.717) is 0 Å². The quantitative estimate of drug-likeness (QED) is 0.192. The molecule has 0 aliphatic heterocycles. The number of allylic oxidation sites excluding steroid dienone is 4. The molecule has 6 rings (SSSR count). The molecule has 0 saturated heterocycles. The minimum atomic E-state index is -1.78. The summed E-state index contributed by atoms with van der Waals surface area (Å²) in [4.78, 5) is 0. The first-order valence-electron chi connectivity index (χ1n) is 14.2. The molecule has 5 aromatic rings. The van der Waals surface area contributed by atoms with Gasteiger partial charge in [-0.25, -0.2) is 0 Å². The highest BCUT2D eigenvalue weighted by Gasteiger charge is 2.47. The molecule has 0 fully saturated rings. The largest absolute Gasteiger partial charge is 0.117 e. The highest BCUT2D eigenvalue weighted by molar-refractivity contribution is 6.89. The van der Waals surface area contributed by atoms with Gasteiger partial charge in [0.05, 0.1) is 0 Å². The van der Waals surface area contributed by atoms with E-state index in [-0.39, 0.29) is 5.04 Å². The van der Waals surface area contributed by atoms with Gasteiger partial charge in [0.1, 0.15) is 8.80 Å². The van der Waals surface area contributed by atoms with E-state index in [0.717, 1.165) is 0 Å². The second-order valence-electron chi connectivity index (χ2n) is 11.2. The van der Waals surface area contributed by atoms with E-state index in [9.17, 15) is 0 Å². The van der Waals surface area contributed by atoms with E-state index in [2.05, 4.69) is 167 Å². The monoisotopic (exact) mass is 532 g/mol. The normalized spacial score (nSPS) is 17.1. The summed E-state index contributed by atoms with van der Waals surface area (Å²) in [7, 11) is -1.78. The van der Waals surface area contributed by atoms with Crippen molar-refractivity contribution in [3.63, 3.8) is 0 Å². The summed E-state index contributed by atoms with van der Waals surface area (Å²) in [5.41, 5.74) is 12.2. The molecule has 0 radical (unpaired) electrons. The van der Waals surface area contributed by atoms with Gasteiger partial charge in [-0.2, -0.15) is 0 Å². The zero-order valence-electron chi connectivity index (χ0n) is 23.9. The molecule has 1 heteroatoms. The second-order valence-corrected chi connectivity index (χ2v) is 14.6. The second kappa shape index (κ2) is 10.8. The minimum absolute atomic E-state index is 0.0832. The van der Waals surface area contributed by atoms with Crippen molar-refractivity contribution in [1.82, 2.24) is 0 Å². The summed E-state index contributed by atoms with van der Waals surface area (Å²) in [6.45, 7) is 9.59. The van der Waals surface area contributed by atoms with Crippen molar-refractivity contribution in [2.45, 2.75) is 32.7 Å². The molecular weight excluding hydrogens is 497 g/mol. The molecule has 0 N–H and O–H groups in total. The number of rotatable bonds is 6. The summed E-state index contributed by atoms with van der Waals surface area (Å²) in [6, 6.07) is 51.4. The Morgan fingerprint density at radius 2 is 0.800 bits per heavy atom. The number of benzene rings is 5. The van der Waals surface area contributed by atoms with Crippen LogP contribution in [0, 0.1) is 0 Å². The van der Waals surface area contributed by atoms with Crippen LogP contribution < -0.4 is 10.4 Å². The van der Waals surface area contributed by atoms with E-state index in [1.165, 1.54) is 60.5 Å².